The van der Waals surface area contributed by atoms with Crippen molar-refractivity contribution in [3.63, 3.8) is 0 Å². The molecule has 3 aliphatic carbocycles. The molecule has 4 heteroatoms. The molecule has 0 aliphatic heterocycles. The van der Waals surface area contributed by atoms with Gasteiger partial charge in [-0.2, -0.15) is 0 Å². The predicted molar refractivity (Wildman–Crippen MR) is 77.7 cm³/mol. The summed E-state index contributed by atoms with van der Waals surface area (Å²) < 4.78 is 0. The number of rotatable bonds is 1. The lowest BCUT2D eigenvalue weighted by molar-refractivity contribution is -0.159. The maximum atomic E-state index is 12.2. The van der Waals surface area contributed by atoms with Crippen molar-refractivity contribution < 1.29 is 19.8 Å². The van der Waals surface area contributed by atoms with Crippen LogP contribution in [-0.4, -0.2) is 28.1 Å². The zero-order valence-electron chi connectivity index (χ0n) is 12.8. The van der Waals surface area contributed by atoms with Crippen LogP contribution in [0.2, 0.25) is 0 Å². The van der Waals surface area contributed by atoms with Crippen LogP contribution in [0, 0.1) is 16.7 Å². The van der Waals surface area contributed by atoms with Gasteiger partial charge in [-0.1, -0.05) is 18.9 Å². The van der Waals surface area contributed by atoms with E-state index in [-0.39, 0.29) is 17.1 Å². The molecule has 116 valence electrons. The molecule has 3 rings (SSSR count). The summed E-state index contributed by atoms with van der Waals surface area (Å²) in [4.78, 5) is 24.1. The highest BCUT2D eigenvalue weighted by Crippen LogP contribution is 2.61. The number of fused-ring (bicyclic) bond motifs is 2. The Labute approximate surface area is 125 Å². The Morgan fingerprint density at radius 1 is 1.19 bits per heavy atom. The van der Waals surface area contributed by atoms with E-state index in [4.69, 9.17) is 0 Å². The molecule has 3 aliphatic rings. The number of aliphatic hydroxyl groups is 1. The van der Waals surface area contributed by atoms with E-state index in [1.54, 1.807) is 0 Å². The second-order valence-corrected chi connectivity index (χ2v) is 7.46. The van der Waals surface area contributed by atoms with Crippen LogP contribution in [0.4, 0.5) is 0 Å². The summed E-state index contributed by atoms with van der Waals surface area (Å²) in [6.45, 7) is 4.03. The number of carbonyl (C=O) groups excluding carboxylic acids is 1. The second-order valence-electron chi connectivity index (χ2n) is 7.46. The molecule has 4 atom stereocenters. The third-order valence-corrected chi connectivity index (χ3v) is 6.42. The molecule has 21 heavy (non-hydrogen) atoms. The van der Waals surface area contributed by atoms with Crippen LogP contribution in [0.5, 0.6) is 0 Å². The van der Waals surface area contributed by atoms with Gasteiger partial charge in [-0.25, -0.2) is 0 Å². The molecule has 0 aromatic rings. The van der Waals surface area contributed by atoms with Gasteiger partial charge in [0, 0.05) is 0 Å². The Bertz CT molecular complexity index is 535. The number of aliphatic carboxylic acids is 1. The number of allylic oxidation sites excluding steroid dienone is 1. The fourth-order valence-corrected chi connectivity index (χ4v) is 5.23. The van der Waals surface area contributed by atoms with Gasteiger partial charge in [0.25, 0.3) is 0 Å². The Hall–Kier alpha value is -1.16. The largest absolute Gasteiger partial charge is 0.481 e. The summed E-state index contributed by atoms with van der Waals surface area (Å²) in [6.07, 6.45) is 4.34. The highest BCUT2D eigenvalue weighted by Gasteiger charge is 2.56. The van der Waals surface area contributed by atoms with Crippen LogP contribution in [-0.2, 0) is 9.59 Å². The average Bonchev–Trinajstić information content (AvgIpc) is 2.42. The van der Waals surface area contributed by atoms with Gasteiger partial charge in [0.2, 0.25) is 0 Å². The van der Waals surface area contributed by atoms with Crippen molar-refractivity contribution in [2.75, 3.05) is 0 Å². The summed E-state index contributed by atoms with van der Waals surface area (Å²) in [5, 5.41) is 19.5. The van der Waals surface area contributed by atoms with E-state index in [2.05, 4.69) is 6.92 Å². The molecule has 0 spiro atoms. The topological polar surface area (TPSA) is 74.6 Å². The number of hydrogen-bond acceptors (Lipinski definition) is 3. The van der Waals surface area contributed by atoms with Crippen LogP contribution < -0.4 is 0 Å². The van der Waals surface area contributed by atoms with E-state index in [1.807, 2.05) is 6.92 Å². The first kappa shape index (κ1) is 14.8. The van der Waals surface area contributed by atoms with E-state index in [9.17, 15) is 19.8 Å². The molecule has 0 aromatic heterocycles. The number of carboxylic acid groups (broad SMARTS) is 1. The van der Waals surface area contributed by atoms with E-state index < -0.39 is 17.5 Å². The monoisotopic (exact) mass is 292 g/mol. The molecule has 0 radical (unpaired) electrons. The van der Waals surface area contributed by atoms with E-state index in [1.165, 1.54) is 0 Å². The van der Waals surface area contributed by atoms with Crippen LogP contribution in [0.1, 0.15) is 58.8 Å². The molecule has 0 heterocycles. The van der Waals surface area contributed by atoms with Crippen molar-refractivity contribution in [1.82, 2.24) is 0 Å². The zero-order valence-corrected chi connectivity index (χ0v) is 12.8. The summed E-state index contributed by atoms with van der Waals surface area (Å²) in [5.41, 5.74) is 1.09. The van der Waals surface area contributed by atoms with Crippen molar-refractivity contribution >= 4 is 11.8 Å². The van der Waals surface area contributed by atoms with Crippen molar-refractivity contribution in [1.29, 1.82) is 0 Å². The quantitative estimate of drug-likeness (QED) is 0.779. The smallest absolute Gasteiger partial charge is 0.309 e. The number of carboxylic acids is 1. The van der Waals surface area contributed by atoms with Gasteiger partial charge >= 0.3 is 5.97 Å². The Balaban J connectivity index is 2.07. The van der Waals surface area contributed by atoms with Crippen molar-refractivity contribution in [2.45, 2.75) is 64.9 Å². The molecular weight excluding hydrogens is 268 g/mol. The summed E-state index contributed by atoms with van der Waals surface area (Å²) >= 11 is 0. The first-order chi connectivity index (χ1) is 9.80. The van der Waals surface area contributed by atoms with Crippen molar-refractivity contribution in [3.8, 4) is 0 Å². The van der Waals surface area contributed by atoms with Gasteiger partial charge in [-0.05, 0) is 62.4 Å². The van der Waals surface area contributed by atoms with Gasteiger partial charge in [-0.15, -0.1) is 0 Å². The van der Waals surface area contributed by atoms with Crippen LogP contribution >= 0.6 is 0 Å². The standard InChI is InChI=1S/C17H24O4/c1-16-8-3-9-17(2,15(20)21)13(16)7-4-10-11(16)5-6-12(18)14(10)19/h12-13,18H,3-9H2,1-2H3,(H,20,21)/t12-,13-,16-,17+/m1/s1. The van der Waals surface area contributed by atoms with Gasteiger partial charge in [0.05, 0.1) is 5.41 Å². The summed E-state index contributed by atoms with van der Waals surface area (Å²) in [7, 11) is 0. The molecule has 0 unspecified atom stereocenters. The Kier molecular flexibility index (Phi) is 3.28. The summed E-state index contributed by atoms with van der Waals surface area (Å²) in [5.74, 6) is -0.721. The first-order valence-corrected chi connectivity index (χ1v) is 7.99. The maximum absolute atomic E-state index is 12.2. The highest BCUT2D eigenvalue weighted by atomic mass is 16.4. The maximum Gasteiger partial charge on any atom is 0.309 e. The number of carbonyl (C=O) groups is 2. The van der Waals surface area contributed by atoms with Gasteiger partial charge in [0.15, 0.2) is 5.78 Å². The first-order valence-electron chi connectivity index (χ1n) is 7.99. The number of Topliss-reactive ketones (excluding diaryl/α,β-unsaturated/α-hetero) is 1. The van der Waals surface area contributed by atoms with E-state index >= 15 is 0 Å². The highest BCUT2D eigenvalue weighted by molar-refractivity contribution is 6.00. The lowest BCUT2D eigenvalue weighted by atomic mass is 9.48. The minimum Gasteiger partial charge on any atom is -0.481 e. The molecular formula is C17H24O4. The average molecular weight is 292 g/mol. The molecule has 1 fully saturated rings. The zero-order chi connectivity index (χ0) is 15.4. The van der Waals surface area contributed by atoms with E-state index in [0.717, 1.165) is 43.3 Å². The summed E-state index contributed by atoms with van der Waals surface area (Å²) in [6, 6.07) is 0. The van der Waals surface area contributed by atoms with Crippen molar-refractivity contribution in [3.05, 3.63) is 11.1 Å². The Morgan fingerprint density at radius 3 is 2.57 bits per heavy atom. The molecule has 4 nitrogen and oxygen atoms in total. The lowest BCUT2D eigenvalue weighted by Gasteiger charge is -2.55. The number of aliphatic hydroxyl groups excluding tert-OH is 1. The molecule has 1 saturated carbocycles. The van der Waals surface area contributed by atoms with Gasteiger partial charge < -0.3 is 10.2 Å². The fraction of sp³-hybridized carbons (Fsp3) is 0.765. The minimum atomic E-state index is -0.849. The Morgan fingerprint density at radius 2 is 1.90 bits per heavy atom. The number of ketones is 1. The van der Waals surface area contributed by atoms with E-state index in [0.29, 0.717) is 12.8 Å². The van der Waals surface area contributed by atoms with Gasteiger partial charge in [-0.3, -0.25) is 9.59 Å². The fourth-order valence-electron chi connectivity index (χ4n) is 5.23. The van der Waals surface area contributed by atoms with Crippen LogP contribution in [0.25, 0.3) is 0 Å². The SMILES string of the molecule is C[C@]1(C(=O)O)CCC[C@]2(C)C3=C(CC[C@@H]12)C(=O)[C@H](O)CC3. The molecule has 0 saturated heterocycles. The molecule has 0 bridgehead atoms. The number of hydrogen-bond donors (Lipinski definition) is 2. The normalized spacial score (nSPS) is 43.3. The predicted octanol–water partition coefficient (Wildman–Crippen LogP) is 2.70. The van der Waals surface area contributed by atoms with Crippen LogP contribution in [0.3, 0.4) is 0 Å². The van der Waals surface area contributed by atoms with Crippen molar-refractivity contribution in [2.24, 2.45) is 16.7 Å². The molecule has 0 amide bonds. The molecule has 0 aromatic carbocycles. The van der Waals surface area contributed by atoms with Gasteiger partial charge in [0.1, 0.15) is 6.10 Å². The van der Waals surface area contributed by atoms with Crippen LogP contribution in [0.15, 0.2) is 11.1 Å². The molecule has 2 N–H and O–H groups in total. The third kappa shape index (κ3) is 1.91. The lowest BCUT2D eigenvalue weighted by Crippen LogP contribution is -2.52. The second kappa shape index (κ2) is 4.67. The minimum absolute atomic E-state index is 0.0954. The third-order valence-electron chi connectivity index (χ3n) is 6.42.